The largest absolute Gasteiger partial charge is 0.508 e. The van der Waals surface area contributed by atoms with Gasteiger partial charge in [0.05, 0.1) is 18.8 Å². The first kappa shape index (κ1) is 17.5. The SMILES string of the molecule is CC(/C=N/NC(=O)c1ccc(O)cc1O)COCc1ccccc1. The van der Waals surface area contributed by atoms with Crippen molar-refractivity contribution in [1.82, 2.24) is 5.43 Å². The van der Waals surface area contributed by atoms with Gasteiger partial charge in [0.25, 0.3) is 5.91 Å². The van der Waals surface area contributed by atoms with Crippen molar-refractivity contribution in [2.24, 2.45) is 11.0 Å². The van der Waals surface area contributed by atoms with Gasteiger partial charge in [-0.3, -0.25) is 4.79 Å². The molecular formula is C18H20N2O4. The van der Waals surface area contributed by atoms with Crippen molar-refractivity contribution in [3.63, 3.8) is 0 Å². The minimum atomic E-state index is -0.554. The first-order chi connectivity index (χ1) is 11.6. The summed E-state index contributed by atoms with van der Waals surface area (Å²) in [5, 5.41) is 22.7. The zero-order valence-electron chi connectivity index (χ0n) is 13.3. The Kier molecular flexibility index (Phi) is 6.33. The summed E-state index contributed by atoms with van der Waals surface area (Å²) in [5.41, 5.74) is 3.47. The minimum absolute atomic E-state index is 0.0161. The molecule has 0 radical (unpaired) electrons. The standard InChI is InChI=1S/C18H20N2O4/c1-13(11-24-12-14-5-3-2-4-6-14)10-19-20-18(23)16-8-7-15(21)9-17(16)22/h2-10,13,21-22H,11-12H2,1H3,(H,20,23)/b19-10+. The molecule has 1 amide bonds. The summed E-state index contributed by atoms with van der Waals surface area (Å²) in [4.78, 5) is 11.9. The number of nitrogens with one attached hydrogen (secondary N) is 1. The zero-order valence-corrected chi connectivity index (χ0v) is 13.3. The van der Waals surface area contributed by atoms with Gasteiger partial charge in [0.1, 0.15) is 11.5 Å². The van der Waals surface area contributed by atoms with Crippen molar-refractivity contribution in [2.45, 2.75) is 13.5 Å². The second-order valence-electron chi connectivity index (χ2n) is 5.40. The molecule has 0 aliphatic heterocycles. The highest BCUT2D eigenvalue weighted by Crippen LogP contribution is 2.22. The van der Waals surface area contributed by atoms with E-state index < -0.39 is 5.91 Å². The number of benzene rings is 2. The van der Waals surface area contributed by atoms with E-state index in [0.717, 1.165) is 11.6 Å². The van der Waals surface area contributed by atoms with E-state index in [-0.39, 0.29) is 23.0 Å². The van der Waals surface area contributed by atoms with Gasteiger partial charge in [0.2, 0.25) is 0 Å². The van der Waals surface area contributed by atoms with Gasteiger partial charge in [-0.05, 0) is 17.7 Å². The van der Waals surface area contributed by atoms with Gasteiger partial charge < -0.3 is 14.9 Å². The number of phenolic OH excluding ortho intramolecular Hbond substituents is 2. The molecular weight excluding hydrogens is 308 g/mol. The minimum Gasteiger partial charge on any atom is -0.508 e. The molecule has 1 atom stereocenters. The molecule has 0 saturated carbocycles. The van der Waals surface area contributed by atoms with Crippen LogP contribution in [0.3, 0.4) is 0 Å². The lowest BCUT2D eigenvalue weighted by molar-refractivity contribution is 0.0950. The van der Waals surface area contributed by atoms with Crippen LogP contribution in [-0.2, 0) is 11.3 Å². The van der Waals surface area contributed by atoms with Crippen LogP contribution in [0.2, 0.25) is 0 Å². The molecule has 24 heavy (non-hydrogen) atoms. The normalized spacial score (nSPS) is 12.2. The van der Waals surface area contributed by atoms with E-state index in [2.05, 4.69) is 10.5 Å². The van der Waals surface area contributed by atoms with Crippen LogP contribution in [0.15, 0.2) is 53.6 Å². The smallest absolute Gasteiger partial charge is 0.275 e. The molecule has 3 N–H and O–H groups in total. The molecule has 0 saturated heterocycles. The zero-order chi connectivity index (χ0) is 17.4. The highest BCUT2D eigenvalue weighted by atomic mass is 16.5. The van der Waals surface area contributed by atoms with E-state index >= 15 is 0 Å². The Morgan fingerprint density at radius 1 is 1.25 bits per heavy atom. The second-order valence-corrected chi connectivity index (χ2v) is 5.40. The van der Waals surface area contributed by atoms with Crippen LogP contribution in [0.4, 0.5) is 0 Å². The quantitative estimate of drug-likeness (QED) is 0.538. The number of nitrogens with zero attached hydrogens (tertiary/aromatic N) is 1. The molecule has 0 heterocycles. The monoisotopic (exact) mass is 328 g/mol. The number of carbonyl (C=O) groups excluding carboxylic acids is 1. The Hall–Kier alpha value is -2.86. The molecule has 2 aromatic rings. The summed E-state index contributed by atoms with van der Waals surface area (Å²) >= 11 is 0. The third-order valence-electron chi connectivity index (χ3n) is 3.21. The highest BCUT2D eigenvalue weighted by Gasteiger charge is 2.10. The summed E-state index contributed by atoms with van der Waals surface area (Å²) in [6, 6.07) is 13.6. The molecule has 1 unspecified atom stereocenters. The van der Waals surface area contributed by atoms with Crippen molar-refractivity contribution >= 4 is 12.1 Å². The lowest BCUT2D eigenvalue weighted by Gasteiger charge is -2.08. The van der Waals surface area contributed by atoms with Crippen molar-refractivity contribution in [3.05, 3.63) is 59.7 Å². The molecule has 0 fully saturated rings. The molecule has 6 heteroatoms. The average molecular weight is 328 g/mol. The van der Waals surface area contributed by atoms with Crippen LogP contribution in [0.25, 0.3) is 0 Å². The fourth-order valence-corrected chi connectivity index (χ4v) is 1.98. The van der Waals surface area contributed by atoms with Gasteiger partial charge in [0, 0.05) is 18.2 Å². The Balaban J connectivity index is 1.75. The van der Waals surface area contributed by atoms with Gasteiger partial charge in [-0.15, -0.1) is 0 Å². The highest BCUT2D eigenvalue weighted by molar-refractivity contribution is 5.97. The maximum Gasteiger partial charge on any atom is 0.275 e. The van der Waals surface area contributed by atoms with E-state index in [1.807, 2.05) is 37.3 Å². The third-order valence-corrected chi connectivity index (χ3v) is 3.21. The van der Waals surface area contributed by atoms with Crippen LogP contribution < -0.4 is 5.43 Å². The fourth-order valence-electron chi connectivity index (χ4n) is 1.98. The van der Waals surface area contributed by atoms with Gasteiger partial charge in [-0.2, -0.15) is 5.10 Å². The summed E-state index contributed by atoms with van der Waals surface area (Å²) in [7, 11) is 0. The number of phenols is 2. The number of ether oxygens (including phenoxy) is 1. The number of hydrogen-bond donors (Lipinski definition) is 3. The molecule has 126 valence electrons. The number of rotatable bonds is 7. The fraction of sp³-hybridized carbons (Fsp3) is 0.222. The van der Waals surface area contributed by atoms with E-state index in [0.29, 0.717) is 13.2 Å². The number of amides is 1. The maximum atomic E-state index is 11.9. The predicted molar refractivity (Wildman–Crippen MR) is 91.0 cm³/mol. The summed E-state index contributed by atoms with van der Waals surface area (Å²) in [6.45, 7) is 2.91. The molecule has 0 bridgehead atoms. The Labute approximate surface area is 140 Å². The van der Waals surface area contributed by atoms with E-state index in [4.69, 9.17) is 4.74 Å². The Bertz CT molecular complexity index is 701. The number of hydrazone groups is 1. The summed E-state index contributed by atoms with van der Waals surface area (Å²) in [6.07, 6.45) is 1.57. The predicted octanol–water partition coefficient (Wildman–Crippen LogP) is 2.67. The summed E-state index contributed by atoms with van der Waals surface area (Å²) < 4.78 is 5.58. The van der Waals surface area contributed by atoms with Crippen molar-refractivity contribution in [3.8, 4) is 11.5 Å². The summed E-state index contributed by atoms with van der Waals surface area (Å²) in [5.74, 6) is -0.956. The lowest BCUT2D eigenvalue weighted by atomic mass is 10.2. The molecule has 0 spiro atoms. The molecule has 2 aromatic carbocycles. The molecule has 2 rings (SSSR count). The van der Waals surface area contributed by atoms with Crippen molar-refractivity contribution < 1.29 is 19.7 Å². The lowest BCUT2D eigenvalue weighted by Crippen LogP contribution is -2.19. The van der Waals surface area contributed by atoms with Crippen LogP contribution in [0, 0.1) is 5.92 Å². The average Bonchev–Trinajstić information content (AvgIpc) is 2.55. The molecule has 6 nitrogen and oxygen atoms in total. The number of aromatic hydroxyl groups is 2. The maximum absolute atomic E-state index is 11.9. The topological polar surface area (TPSA) is 91.2 Å². The van der Waals surface area contributed by atoms with E-state index in [9.17, 15) is 15.0 Å². The number of carbonyl (C=O) groups is 1. The van der Waals surface area contributed by atoms with E-state index in [1.165, 1.54) is 12.1 Å². The van der Waals surface area contributed by atoms with Crippen LogP contribution in [-0.4, -0.2) is 28.9 Å². The van der Waals surface area contributed by atoms with Gasteiger partial charge in [-0.25, -0.2) is 5.43 Å². The Morgan fingerprint density at radius 3 is 2.71 bits per heavy atom. The molecule has 0 aliphatic rings. The number of hydrogen-bond acceptors (Lipinski definition) is 5. The van der Waals surface area contributed by atoms with Crippen LogP contribution >= 0.6 is 0 Å². The Morgan fingerprint density at radius 2 is 2.00 bits per heavy atom. The van der Waals surface area contributed by atoms with Gasteiger partial charge in [-0.1, -0.05) is 37.3 Å². The van der Waals surface area contributed by atoms with Crippen LogP contribution in [0.5, 0.6) is 11.5 Å². The van der Waals surface area contributed by atoms with Gasteiger partial charge >= 0.3 is 0 Å². The molecule has 0 aromatic heterocycles. The molecule has 0 aliphatic carbocycles. The van der Waals surface area contributed by atoms with Crippen molar-refractivity contribution in [2.75, 3.05) is 6.61 Å². The first-order valence-electron chi connectivity index (χ1n) is 7.53. The van der Waals surface area contributed by atoms with Gasteiger partial charge in [0.15, 0.2) is 0 Å². The first-order valence-corrected chi connectivity index (χ1v) is 7.53. The second kappa shape index (κ2) is 8.69. The van der Waals surface area contributed by atoms with Crippen molar-refractivity contribution in [1.29, 1.82) is 0 Å². The van der Waals surface area contributed by atoms with Crippen LogP contribution in [0.1, 0.15) is 22.8 Å². The third kappa shape index (κ3) is 5.40. The van der Waals surface area contributed by atoms with E-state index in [1.54, 1.807) is 6.21 Å².